The lowest BCUT2D eigenvalue weighted by atomic mass is 10.1. The standard InChI is InChI=1S/C13H17BrN2/c1-2-3-4-5-9-16-13-8-6-7-12(14)11(13)10-15/h6-8,16H,2-5,9H2,1H3. The van der Waals surface area contributed by atoms with Crippen LogP contribution in [0.15, 0.2) is 22.7 Å². The van der Waals surface area contributed by atoms with Crippen molar-refractivity contribution < 1.29 is 0 Å². The van der Waals surface area contributed by atoms with E-state index in [9.17, 15) is 0 Å². The summed E-state index contributed by atoms with van der Waals surface area (Å²) in [5.74, 6) is 0. The molecule has 0 saturated carbocycles. The van der Waals surface area contributed by atoms with Crippen molar-refractivity contribution in [1.29, 1.82) is 5.26 Å². The summed E-state index contributed by atoms with van der Waals surface area (Å²) < 4.78 is 0.855. The number of nitrogens with zero attached hydrogens (tertiary/aromatic N) is 1. The van der Waals surface area contributed by atoms with E-state index < -0.39 is 0 Å². The Labute approximate surface area is 106 Å². The first-order valence-corrected chi connectivity index (χ1v) is 6.51. The number of nitrogens with one attached hydrogen (secondary N) is 1. The van der Waals surface area contributed by atoms with Gasteiger partial charge in [0.25, 0.3) is 0 Å². The minimum absolute atomic E-state index is 0.693. The predicted molar refractivity (Wildman–Crippen MR) is 71.5 cm³/mol. The number of anilines is 1. The molecule has 1 rings (SSSR count). The minimum atomic E-state index is 0.693. The third-order valence-electron chi connectivity index (χ3n) is 2.47. The number of rotatable bonds is 6. The van der Waals surface area contributed by atoms with Crippen molar-refractivity contribution in [2.45, 2.75) is 32.6 Å². The second-order valence-corrected chi connectivity index (χ2v) is 4.62. The van der Waals surface area contributed by atoms with Gasteiger partial charge in [0.2, 0.25) is 0 Å². The Kier molecular flexibility index (Phi) is 5.95. The monoisotopic (exact) mass is 280 g/mol. The molecule has 0 unspecified atom stereocenters. The highest BCUT2D eigenvalue weighted by Crippen LogP contribution is 2.23. The highest BCUT2D eigenvalue weighted by atomic mass is 79.9. The van der Waals surface area contributed by atoms with Gasteiger partial charge in [0, 0.05) is 11.0 Å². The number of benzene rings is 1. The molecule has 1 N–H and O–H groups in total. The number of unbranched alkanes of at least 4 members (excludes halogenated alkanes) is 3. The maximum atomic E-state index is 9.02. The van der Waals surface area contributed by atoms with Crippen molar-refractivity contribution in [3.63, 3.8) is 0 Å². The summed E-state index contributed by atoms with van der Waals surface area (Å²) in [5, 5.41) is 12.3. The van der Waals surface area contributed by atoms with Gasteiger partial charge >= 0.3 is 0 Å². The van der Waals surface area contributed by atoms with Crippen LogP contribution in [0.25, 0.3) is 0 Å². The van der Waals surface area contributed by atoms with Gasteiger partial charge in [0.1, 0.15) is 6.07 Å². The molecule has 0 aliphatic carbocycles. The molecule has 86 valence electrons. The van der Waals surface area contributed by atoms with E-state index in [0.29, 0.717) is 5.56 Å². The molecule has 0 bridgehead atoms. The van der Waals surface area contributed by atoms with Crippen LogP contribution in [-0.4, -0.2) is 6.54 Å². The molecule has 2 nitrogen and oxygen atoms in total. The van der Waals surface area contributed by atoms with Gasteiger partial charge in [-0.15, -0.1) is 0 Å². The molecular weight excluding hydrogens is 264 g/mol. The Bertz CT molecular complexity index is 369. The third kappa shape index (κ3) is 3.86. The van der Waals surface area contributed by atoms with E-state index in [1.165, 1.54) is 19.3 Å². The summed E-state index contributed by atoms with van der Waals surface area (Å²) in [6.07, 6.45) is 4.94. The van der Waals surface area contributed by atoms with Crippen molar-refractivity contribution >= 4 is 21.6 Å². The van der Waals surface area contributed by atoms with Gasteiger partial charge in [-0.2, -0.15) is 5.26 Å². The first-order chi connectivity index (χ1) is 7.79. The Morgan fingerprint density at radius 3 is 2.81 bits per heavy atom. The van der Waals surface area contributed by atoms with E-state index in [1.807, 2.05) is 18.2 Å². The summed E-state index contributed by atoms with van der Waals surface area (Å²) in [7, 11) is 0. The van der Waals surface area contributed by atoms with Crippen LogP contribution in [0.4, 0.5) is 5.69 Å². The Hall–Kier alpha value is -1.01. The number of nitriles is 1. The topological polar surface area (TPSA) is 35.8 Å². The molecule has 0 radical (unpaired) electrons. The Balaban J connectivity index is 2.48. The first-order valence-electron chi connectivity index (χ1n) is 5.72. The van der Waals surface area contributed by atoms with E-state index in [1.54, 1.807) is 0 Å². The fourth-order valence-electron chi connectivity index (χ4n) is 1.56. The predicted octanol–water partition coefficient (Wildman–Crippen LogP) is 4.31. The minimum Gasteiger partial charge on any atom is -0.384 e. The largest absolute Gasteiger partial charge is 0.384 e. The van der Waals surface area contributed by atoms with Crippen LogP contribution in [-0.2, 0) is 0 Å². The molecule has 0 fully saturated rings. The summed E-state index contributed by atoms with van der Waals surface area (Å²) in [5.41, 5.74) is 1.62. The average molecular weight is 281 g/mol. The highest BCUT2D eigenvalue weighted by molar-refractivity contribution is 9.10. The van der Waals surface area contributed by atoms with Crippen molar-refractivity contribution in [2.75, 3.05) is 11.9 Å². The lowest BCUT2D eigenvalue weighted by Crippen LogP contribution is -2.03. The molecule has 0 heterocycles. The van der Waals surface area contributed by atoms with Gasteiger partial charge in [-0.25, -0.2) is 0 Å². The van der Waals surface area contributed by atoms with Crippen molar-refractivity contribution in [1.82, 2.24) is 0 Å². The van der Waals surface area contributed by atoms with Crippen molar-refractivity contribution in [2.24, 2.45) is 0 Å². The van der Waals surface area contributed by atoms with Gasteiger partial charge in [-0.3, -0.25) is 0 Å². The number of hydrogen-bond donors (Lipinski definition) is 1. The molecule has 3 heteroatoms. The zero-order valence-electron chi connectivity index (χ0n) is 9.59. The van der Waals surface area contributed by atoms with Crippen molar-refractivity contribution in [3.05, 3.63) is 28.2 Å². The Morgan fingerprint density at radius 1 is 1.31 bits per heavy atom. The van der Waals surface area contributed by atoms with Crippen LogP contribution >= 0.6 is 15.9 Å². The second-order valence-electron chi connectivity index (χ2n) is 3.76. The van der Waals surface area contributed by atoms with Gasteiger partial charge < -0.3 is 5.32 Å². The normalized spacial score (nSPS) is 9.81. The third-order valence-corrected chi connectivity index (χ3v) is 3.13. The van der Waals surface area contributed by atoms with Crippen LogP contribution in [0.3, 0.4) is 0 Å². The zero-order chi connectivity index (χ0) is 11.8. The van der Waals surface area contributed by atoms with Gasteiger partial charge in [0.15, 0.2) is 0 Å². The maximum absolute atomic E-state index is 9.02. The fraction of sp³-hybridized carbons (Fsp3) is 0.462. The molecule has 0 aliphatic rings. The van der Waals surface area contributed by atoms with E-state index >= 15 is 0 Å². The summed E-state index contributed by atoms with van der Waals surface area (Å²) in [6, 6.07) is 7.99. The van der Waals surface area contributed by atoms with E-state index in [2.05, 4.69) is 34.2 Å². The van der Waals surface area contributed by atoms with Gasteiger partial charge in [0.05, 0.1) is 11.3 Å². The van der Waals surface area contributed by atoms with E-state index in [0.717, 1.165) is 23.1 Å². The molecule has 0 amide bonds. The lowest BCUT2D eigenvalue weighted by molar-refractivity contribution is 0.685. The van der Waals surface area contributed by atoms with Crippen LogP contribution in [0.1, 0.15) is 38.2 Å². The van der Waals surface area contributed by atoms with Crippen LogP contribution in [0.5, 0.6) is 0 Å². The Morgan fingerprint density at radius 2 is 2.12 bits per heavy atom. The number of hydrogen-bond acceptors (Lipinski definition) is 2. The zero-order valence-corrected chi connectivity index (χ0v) is 11.2. The maximum Gasteiger partial charge on any atom is 0.103 e. The summed E-state index contributed by atoms with van der Waals surface area (Å²) >= 11 is 3.38. The van der Waals surface area contributed by atoms with Gasteiger partial charge in [-0.1, -0.05) is 32.3 Å². The van der Waals surface area contributed by atoms with Crippen LogP contribution in [0.2, 0.25) is 0 Å². The van der Waals surface area contributed by atoms with Gasteiger partial charge in [-0.05, 0) is 34.5 Å². The molecular formula is C13H17BrN2. The SMILES string of the molecule is CCCCCCNc1cccc(Br)c1C#N. The molecule has 0 spiro atoms. The molecule has 0 atom stereocenters. The van der Waals surface area contributed by atoms with Crippen LogP contribution < -0.4 is 5.32 Å². The van der Waals surface area contributed by atoms with E-state index in [4.69, 9.17) is 5.26 Å². The molecule has 0 aliphatic heterocycles. The lowest BCUT2D eigenvalue weighted by Gasteiger charge is -2.08. The first kappa shape index (κ1) is 13.1. The quantitative estimate of drug-likeness (QED) is 0.788. The second kappa shape index (κ2) is 7.29. The molecule has 0 aromatic heterocycles. The smallest absolute Gasteiger partial charge is 0.103 e. The van der Waals surface area contributed by atoms with Crippen LogP contribution in [0, 0.1) is 11.3 Å². The van der Waals surface area contributed by atoms with E-state index in [-0.39, 0.29) is 0 Å². The molecule has 1 aromatic carbocycles. The molecule has 16 heavy (non-hydrogen) atoms. The molecule has 1 aromatic rings. The average Bonchev–Trinajstić information content (AvgIpc) is 2.29. The van der Waals surface area contributed by atoms with Crippen molar-refractivity contribution in [3.8, 4) is 6.07 Å². The molecule has 0 saturated heterocycles. The number of halogens is 1. The summed E-state index contributed by atoms with van der Waals surface area (Å²) in [6.45, 7) is 3.14. The highest BCUT2D eigenvalue weighted by Gasteiger charge is 2.04. The fourth-order valence-corrected chi connectivity index (χ4v) is 2.01. The summed E-state index contributed by atoms with van der Waals surface area (Å²) in [4.78, 5) is 0.